The maximum atomic E-state index is 12.4. The molecule has 1 amide bonds. The van der Waals surface area contributed by atoms with Crippen molar-refractivity contribution in [3.63, 3.8) is 0 Å². The Labute approximate surface area is 163 Å². The summed E-state index contributed by atoms with van der Waals surface area (Å²) in [5, 5.41) is 0.744. The normalized spacial score (nSPS) is 10.9. The van der Waals surface area contributed by atoms with Gasteiger partial charge in [-0.2, -0.15) is 0 Å². The Hall–Kier alpha value is -3.22. The standard InChI is InChI=1S/C21H25N3O4/c1-6-27-21(26)20-15(4)23(5)18-10-9-16(11-17(18)20)28-12-19(25)22-24-13(2)7-8-14(24)3/h7-11H,6,12H2,1-5H3,(H,22,25). The average Bonchev–Trinajstić information content (AvgIpc) is 3.11. The summed E-state index contributed by atoms with van der Waals surface area (Å²) in [6, 6.07) is 9.29. The van der Waals surface area contributed by atoms with Crippen LogP contribution in [0.2, 0.25) is 0 Å². The van der Waals surface area contributed by atoms with Crippen molar-refractivity contribution in [2.24, 2.45) is 7.05 Å². The number of carbonyl (C=O) groups excluding carboxylic acids is 2. The van der Waals surface area contributed by atoms with Crippen molar-refractivity contribution >= 4 is 22.8 Å². The highest BCUT2D eigenvalue weighted by atomic mass is 16.5. The molecule has 1 aromatic carbocycles. The lowest BCUT2D eigenvalue weighted by molar-refractivity contribution is -0.119. The molecule has 7 nitrogen and oxygen atoms in total. The van der Waals surface area contributed by atoms with E-state index in [1.807, 2.05) is 50.6 Å². The van der Waals surface area contributed by atoms with Crippen LogP contribution in [0.25, 0.3) is 10.9 Å². The number of amides is 1. The third-order valence-corrected chi connectivity index (χ3v) is 4.82. The zero-order valence-corrected chi connectivity index (χ0v) is 16.8. The van der Waals surface area contributed by atoms with Crippen molar-refractivity contribution < 1.29 is 19.1 Å². The first kappa shape index (κ1) is 19.5. The van der Waals surface area contributed by atoms with Gasteiger partial charge >= 0.3 is 5.97 Å². The highest BCUT2D eigenvalue weighted by Gasteiger charge is 2.20. The Balaban J connectivity index is 1.79. The Bertz CT molecular complexity index is 1030. The van der Waals surface area contributed by atoms with E-state index in [-0.39, 0.29) is 18.5 Å². The summed E-state index contributed by atoms with van der Waals surface area (Å²) in [7, 11) is 1.90. The third-order valence-electron chi connectivity index (χ3n) is 4.82. The molecule has 0 aliphatic carbocycles. The van der Waals surface area contributed by atoms with Crippen LogP contribution in [0.5, 0.6) is 5.75 Å². The molecule has 0 radical (unpaired) electrons. The summed E-state index contributed by atoms with van der Waals surface area (Å²) in [6.07, 6.45) is 0. The molecule has 2 aromatic heterocycles. The first-order valence-corrected chi connectivity index (χ1v) is 9.17. The summed E-state index contributed by atoms with van der Waals surface area (Å²) in [6.45, 7) is 7.65. The van der Waals surface area contributed by atoms with E-state index >= 15 is 0 Å². The second kappa shape index (κ2) is 7.80. The molecular weight excluding hydrogens is 358 g/mol. The van der Waals surface area contributed by atoms with Gasteiger partial charge in [-0.3, -0.25) is 14.9 Å². The van der Waals surface area contributed by atoms with Crippen molar-refractivity contribution in [3.05, 3.63) is 53.0 Å². The van der Waals surface area contributed by atoms with Gasteiger partial charge in [0.1, 0.15) is 5.75 Å². The van der Waals surface area contributed by atoms with Crippen LogP contribution in [0.15, 0.2) is 30.3 Å². The molecule has 3 rings (SSSR count). The average molecular weight is 383 g/mol. The number of hydrogen-bond donors (Lipinski definition) is 1. The van der Waals surface area contributed by atoms with Gasteiger partial charge in [-0.05, 0) is 58.0 Å². The van der Waals surface area contributed by atoms with Crippen molar-refractivity contribution in [3.8, 4) is 5.75 Å². The number of nitrogens with one attached hydrogen (secondary N) is 1. The van der Waals surface area contributed by atoms with Crippen molar-refractivity contribution in [1.82, 2.24) is 9.24 Å². The van der Waals surface area contributed by atoms with Gasteiger partial charge in [-0.25, -0.2) is 4.79 Å². The summed E-state index contributed by atoms with van der Waals surface area (Å²) in [4.78, 5) is 24.6. The largest absolute Gasteiger partial charge is 0.484 e. The van der Waals surface area contributed by atoms with Gasteiger partial charge in [0, 0.05) is 35.0 Å². The molecule has 0 spiro atoms. The number of esters is 1. The van der Waals surface area contributed by atoms with E-state index < -0.39 is 0 Å². The molecule has 2 heterocycles. The fourth-order valence-electron chi connectivity index (χ4n) is 3.25. The van der Waals surface area contributed by atoms with E-state index in [4.69, 9.17) is 9.47 Å². The SMILES string of the molecule is CCOC(=O)c1c(C)n(C)c2ccc(OCC(=O)Nn3c(C)ccc3C)cc12. The number of aromatic nitrogens is 2. The van der Waals surface area contributed by atoms with Crippen LogP contribution in [0.1, 0.15) is 34.4 Å². The van der Waals surface area contributed by atoms with Gasteiger partial charge < -0.3 is 14.0 Å². The molecule has 0 aliphatic heterocycles. The molecule has 0 saturated heterocycles. The number of nitrogens with zero attached hydrogens (tertiary/aromatic N) is 2. The Morgan fingerprint density at radius 2 is 1.75 bits per heavy atom. The highest BCUT2D eigenvalue weighted by Crippen LogP contribution is 2.29. The molecule has 1 N–H and O–H groups in total. The molecule has 0 unspecified atom stereocenters. The number of fused-ring (bicyclic) bond motifs is 1. The lowest BCUT2D eigenvalue weighted by Gasteiger charge is -2.12. The number of rotatable bonds is 6. The van der Waals surface area contributed by atoms with E-state index in [1.165, 1.54) is 0 Å². The molecular formula is C21H25N3O4. The van der Waals surface area contributed by atoms with Crippen molar-refractivity contribution in [1.29, 1.82) is 0 Å². The van der Waals surface area contributed by atoms with E-state index in [1.54, 1.807) is 23.7 Å². The number of benzene rings is 1. The summed E-state index contributed by atoms with van der Waals surface area (Å²) >= 11 is 0. The number of aryl methyl sites for hydroxylation is 3. The molecule has 0 atom stereocenters. The first-order valence-electron chi connectivity index (χ1n) is 9.17. The molecule has 3 aromatic rings. The molecule has 0 saturated carbocycles. The Morgan fingerprint density at radius 3 is 2.39 bits per heavy atom. The molecule has 148 valence electrons. The minimum Gasteiger partial charge on any atom is -0.484 e. The van der Waals surface area contributed by atoms with Gasteiger partial charge in [0.25, 0.3) is 5.91 Å². The number of hydrogen-bond acceptors (Lipinski definition) is 4. The van der Waals surface area contributed by atoms with E-state index in [2.05, 4.69) is 5.43 Å². The van der Waals surface area contributed by atoms with Crippen molar-refractivity contribution in [2.45, 2.75) is 27.7 Å². The van der Waals surface area contributed by atoms with Gasteiger partial charge in [0.05, 0.1) is 12.2 Å². The molecule has 7 heteroatoms. The van der Waals surface area contributed by atoms with E-state index in [0.717, 1.165) is 28.0 Å². The van der Waals surface area contributed by atoms with Crippen molar-refractivity contribution in [2.75, 3.05) is 18.6 Å². The Kier molecular flexibility index (Phi) is 5.44. The van der Waals surface area contributed by atoms with Gasteiger partial charge in [0.2, 0.25) is 0 Å². The van der Waals surface area contributed by atoms with Crippen LogP contribution in [-0.4, -0.2) is 34.3 Å². The minimum absolute atomic E-state index is 0.136. The van der Waals surface area contributed by atoms with E-state index in [9.17, 15) is 9.59 Å². The monoisotopic (exact) mass is 383 g/mol. The zero-order chi connectivity index (χ0) is 20.4. The Morgan fingerprint density at radius 1 is 1.07 bits per heavy atom. The van der Waals surface area contributed by atoms with Crippen LogP contribution in [-0.2, 0) is 16.6 Å². The zero-order valence-electron chi connectivity index (χ0n) is 16.8. The van der Waals surface area contributed by atoms with Gasteiger partial charge in [-0.1, -0.05) is 0 Å². The van der Waals surface area contributed by atoms with E-state index in [0.29, 0.717) is 17.9 Å². The lowest BCUT2D eigenvalue weighted by atomic mass is 10.1. The van der Waals surface area contributed by atoms with Gasteiger partial charge in [0.15, 0.2) is 6.61 Å². The summed E-state index contributed by atoms with van der Waals surface area (Å²) in [5.74, 6) is -0.115. The van der Waals surface area contributed by atoms with Crippen LogP contribution in [0.3, 0.4) is 0 Å². The predicted molar refractivity (Wildman–Crippen MR) is 107 cm³/mol. The topological polar surface area (TPSA) is 74.5 Å². The second-order valence-electron chi connectivity index (χ2n) is 6.69. The number of carbonyl (C=O) groups is 2. The molecule has 0 bridgehead atoms. The number of ether oxygens (including phenoxy) is 2. The third kappa shape index (κ3) is 3.60. The summed E-state index contributed by atoms with van der Waals surface area (Å²) in [5.41, 5.74) is 6.91. The maximum Gasteiger partial charge on any atom is 0.340 e. The molecule has 0 aliphatic rings. The lowest BCUT2D eigenvalue weighted by Crippen LogP contribution is -2.29. The maximum absolute atomic E-state index is 12.4. The quantitative estimate of drug-likeness (QED) is 0.663. The van der Waals surface area contributed by atoms with Crippen LogP contribution in [0, 0.1) is 20.8 Å². The smallest absolute Gasteiger partial charge is 0.340 e. The first-order chi connectivity index (χ1) is 13.3. The molecule has 0 fully saturated rings. The molecule has 28 heavy (non-hydrogen) atoms. The van der Waals surface area contributed by atoms with Crippen LogP contribution < -0.4 is 10.2 Å². The van der Waals surface area contributed by atoms with Crippen LogP contribution in [0.4, 0.5) is 0 Å². The highest BCUT2D eigenvalue weighted by molar-refractivity contribution is 6.06. The second-order valence-corrected chi connectivity index (χ2v) is 6.69. The fourth-order valence-corrected chi connectivity index (χ4v) is 3.25. The predicted octanol–water partition coefficient (Wildman–Crippen LogP) is 3.23. The summed E-state index contributed by atoms with van der Waals surface area (Å²) < 4.78 is 14.5. The minimum atomic E-state index is -0.362. The van der Waals surface area contributed by atoms with Crippen LogP contribution >= 0.6 is 0 Å². The fraction of sp³-hybridized carbons (Fsp3) is 0.333. The van der Waals surface area contributed by atoms with Gasteiger partial charge in [-0.15, -0.1) is 0 Å².